The van der Waals surface area contributed by atoms with Crippen LogP contribution < -0.4 is 9.04 Å². The van der Waals surface area contributed by atoms with Gasteiger partial charge in [-0.05, 0) is 32.0 Å². The molecule has 26 heavy (non-hydrogen) atoms. The maximum absolute atomic E-state index is 12.9. The number of hydrogen-bond donors (Lipinski definition) is 0. The number of carbonyl (C=O) groups excluding carboxylic acids is 1. The normalized spacial score (nSPS) is 19.2. The summed E-state index contributed by atoms with van der Waals surface area (Å²) < 4.78 is 57.8. The highest BCUT2D eigenvalue weighted by Crippen LogP contribution is 2.38. The van der Waals surface area contributed by atoms with Gasteiger partial charge in [-0.25, -0.2) is 21.1 Å². The van der Waals surface area contributed by atoms with Crippen molar-refractivity contribution >= 4 is 31.6 Å². The predicted octanol–water partition coefficient (Wildman–Crippen LogP) is 1.43. The molecule has 0 aromatic heterocycles. The zero-order valence-corrected chi connectivity index (χ0v) is 17.1. The third-order valence-electron chi connectivity index (χ3n) is 4.29. The lowest BCUT2D eigenvalue weighted by Gasteiger charge is -2.22. The molecule has 1 amide bonds. The molecule has 1 heterocycles. The summed E-state index contributed by atoms with van der Waals surface area (Å²) in [6, 6.07) is 3.92. The van der Waals surface area contributed by atoms with Crippen LogP contribution in [0.25, 0.3) is 0 Å². The minimum atomic E-state index is -3.90. The third-order valence-corrected chi connectivity index (χ3v) is 8.38. The van der Waals surface area contributed by atoms with Crippen LogP contribution in [0.4, 0.5) is 5.69 Å². The average Bonchev–Trinajstić information content (AvgIpc) is 2.71. The van der Waals surface area contributed by atoms with Gasteiger partial charge in [0.1, 0.15) is 10.6 Å². The molecule has 0 bridgehead atoms. The first kappa shape index (κ1) is 20.7. The summed E-state index contributed by atoms with van der Waals surface area (Å²) in [5.41, 5.74) is -1.08. The molecule has 146 valence electrons. The van der Waals surface area contributed by atoms with Crippen molar-refractivity contribution in [3.05, 3.63) is 18.2 Å². The molecule has 8 nitrogen and oxygen atoms in total. The number of rotatable bonds is 6. The van der Waals surface area contributed by atoms with E-state index >= 15 is 0 Å². The van der Waals surface area contributed by atoms with E-state index in [-0.39, 0.29) is 35.2 Å². The first-order valence-corrected chi connectivity index (χ1v) is 11.2. The fraction of sp³-hybridized carbons (Fsp3) is 0.562. The predicted molar refractivity (Wildman–Crippen MR) is 98.2 cm³/mol. The van der Waals surface area contributed by atoms with E-state index in [1.807, 2.05) is 0 Å². The maximum Gasteiger partial charge on any atom is 0.247 e. The lowest BCUT2D eigenvalue weighted by molar-refractivity contribution is -0.123. The van der Waals surface area contributed by atoms with Crippen molar-refractivity contribution in [2.75, 3.05) is 30.3 Å². The largest absolute Gasteiger partial charge is 0.495 e. The summed E-state index contributed by atoms with van der Waals surface area (Å²) in [6.45, 7) is 7.00. The molecule has 1 aromatic carbocycles. The Balaban J connectivity index is 2.67. The van der Waals surface area contributed by atoms with Crippen LogP contribution in [0.15, 0.2) is 23.1 Å². The second-order valence-corrected chi connectivity index (χ2v) is 10.4. The third kappa shape index (κ3) is 3.33. The zero-order valence-electron chi connectivity index (χ0n) is 15.5. The van der Waals surface area contributed by atoms with Crippen LogP contribution in [0, 0.1) is 5.41 Å². The average molecular weight is 405 g/mol. The fourth-order valence-corrected chi connectivity index (χ4v) is 6.69. The first-order chi connectivity index (χ1) is 11.9. The summed E-state index contributed by atoms with van der Waals surface area (Å²) in [7, 11) is -6.45. The number of amides is 1. The molecule has 0 atom stereocenters. The van der Waals surface area contributed by atoms with Gasteiger partial charge in [0.05, 0.1) is 24.0 Å². The van der Waals surface area contributed by atoms with Crippen LogP contribution >= 0.6 is 0 Å². The molecule has 0 spiro atoms. The number of hydrogen-bond acceptors (Lipinski definition) is 6. The fourth-order valence-electron chi connectivity index (χ4n) is 2.96. The van der Waals surface area contributed by atoms with Gasteiger partial charge in [0.2, 0.25) is 26.0 Å². The molecule has 0 radical (unpaired) electrons. The molecule has 0 unspecified atom stereocenters. The van der Waals surface area contributed by atoms with E-state index in [4.69, 9.17) is 4.74 Å². The van der Waals surface area contributed by atoms with Crippen molar-refractivity contribution in [1.82, 2.24) is 4.31 Å². The van der Waals surface area contributed by atoms with Crippen molar-refractivity contribution in [2.45, 2.75) is 32.6 Å². The van der Waals surface area contributed by atoms with Gasteiger partial charge in [0.15, 0.2) is 0 Å². The molecule has 1 saturated heterocycles. The van der Waals surface area contributed by atoms with Gasteiger partial charge in [0.25, 0.3) is 0 Å². The van der Waals surface area contributed by atoms with E-state index in [1.165, 1.54) is 29.6 Å². The highest BCUT2D eigenvalue weighted by Gasteiger charge is 2.50. The molecular formula is C16H24N2O6S2. The summed E-state index contributed by atoms with van der Waals surface area (Å²) in [5.74, 6) is -0.832. The summed E-state index contributed by atoms with van der Waals surface area (Å²) >= 11 is 0. The van der Waals surface area contributed by atoms with Gasteiger partial charge >= 0.3 is 0 Å². The van der Waals surface area contributed by atoms with Crippen molar-refractivity contribution in [3.8, 4) is 5.75 Å². The minimum Gasteiger partial charge on any atom is -0.495 e. The molecule has 0 N–H and O–H groups in total. The second-order valence-electron chi connectivity index (χ2n) is 6.63. The number of benzene rings is 1. The van der Waals surface area contributed by atoms with Crippen molar-refractivity contribution in [1.29, 1.82) is 0 Å². The van der Waals surface area contributed by atoms with Gasteiger partial charge in [-0.3, -0.25) is 4.79 Å². The van der Waals surface area contributed by atoms with Crippen LogP contribution in [0.2, 0.25) is 0 Å². The Bertz CT molecular complexity index is 918. The van der Waals surface area contributed by atoms with Crippen LogP contribution in [-0.4, -0.2) is 53.0 Å². The Morgan fingerprint density at radius 1 is 1.23 bits per heavy atom. The Kier molecular flexibility index (Phi) is 5.42. The molecule has 2 rings (SSSR count). The summed E-state index contributed by atoms with van der Waals surface area (Å²) in [4.78, 5) is 12.4. The lowest BCUT2D eigenvalue weighted by atomic mass is 9.95. The molecule has 1 fully saturated rings. The van der Waals surface area contributed by atoms with E-state index in [9.17, 15) is 21.6 Å². The van der Waals surface area contributed by atoms with Gasteiger partial charge < -0.3 is 4.74 Å². The van der Waals surface area contributed by atoms with E-state index in [0.717, 1.165) is 0 Å². The molecule has 0 aliphatic carbocycles. The van der Waals surface area contributed by atoms with Gasteiger partial charge in [-0.2, -0.15) is 4.31 Å². The van der Waals surface area contributed by atoms with Crippen molar-refractivity contribution in [3.63, 3.8) is 0 Å². The number of anilines is 1. The van der Waals surface area contributed by atoms with Gasteiger partial charge in [0, 0.05) is 13.1 Å². The number of nitrogens with zero attached hydrogens (tertiary/aromatic N) is 2. The second kappa shape index (κ2) is 6.82. The number of carbonyl (C=O) groups is 1. The van der Waals surface area contributed by atoms with Crippen LogP contribution in [-0.2, 0) is 24.8 Å². The Labute approximate surface area is 154 Å². The van der Waals surface area contributed by atoms with E-state index in [2.05, 4.69) is 0 Å². The van der Waals surface area contributed by atoms with Crippen molar-refractivity contribution < 1.29 is 26.4 Å². The quantitative estimate of drug-likeness (QED) is 0.711. The molecule has 0 saturated carbocycles. The van der Waals surface area contributed by atoms with Crippen LogP contribution in [0.3, 0.4) is 0 Å². The van der Waals surface area contributed by atoms with Crippen LogP contribution in [0.5, 0.6) is 5.75 Å². The monoisotopic (exact) mass is 404 g/mol. The zero-order chi connectivity index (χ0) is 19.9. The SMILES string of the molecule is CCN(CC)S(=O)(=O)c1cc(N2C(=O)C(C)(C)CS2(=O)=O)ccc1OC. The lowest BCUT2D eigenvalue weighted by Crippen LogP contribution is -2.34. The standard InChI is InChI=1S/C16H24N2O6S2/c1-6-17(7-2)26(22,23)14-10-12(8-9-13(14)24-5)18-15(19)16(3,4)11-25(18,20)21/h8-10H,6-7,11H2,1-5H3. The number of ether oxygens (including phenoxy) is 1. The molecular weight excluding hydrogens is 380 g/mol. The molecule has 1 aliphatic heterocycles. The molecule has 1 aromatic rings. The smallest absolute Gasteiger partial charge is 0.247 e. The van der Waals surface area contributed by atoms with E-state index in [1.54, 1.807) is 27.7 Å². The Morgan fingerprint density at radius 3 is 2.23 bits per heavy atom. The summed E-state index contributed by atoms with van der Waals surface area (Å²) in [5, 5.41) is 0. The Hall–Kier alpha value is -1.65. The summed E-state index contributed by atoms with van der Waals surface area (Å²) in [6.07, 6.45) is 0. The first-order valence-electron chi connectivity index (χ1n) is 8.18. The highest BCUT2D eigenvalue weighted by atomic mass is 32.2. The minimum absolute atomic E-state index is 0.00731. The highest BCUT2D eigenvalue weighted by molar-refractivity contribution is 7.94. The van der Waals surface area contributed by atoms with E-state index in [0.29, 0.717) is 4.31 Å². The van der Waals surface area contributed by atoms with Crippen LogP contribution in [0.1, 0.15) is 27.7 Å². The van der Waals surface area contributed by atoms with Gasteiger partial charge in [-0.1, -0.05) is 13.8 Å². The van der Waals surface area contributed by atoms with Gasteiger partial charge in [-0.15, -0.1) is 0 Å². The topological polar surface area (TPSA) is 101 Å². The number of sulfonamides is 2. The Morgan fingerprint density at radius 2 is 1.81 bits per heavy atom. The molecule has 10 heteroatoms. The molecule has 1 aliphatic rings. The van der Waals surface area contributed by atoms with Crippen molar-refractivity contribution in [2.24, 2.45) is 5.41 Å². The maximum atomic E-state index is 12.9. The van der Waals surface area contributed by atoms with E-state index < -0.39 is 31.4 Å². The number of methoxy groups -OCH3 is 1.